The van der Waals surface area contributed by atoms with Crippen LogP contribution in [0.25, 0.3) is 0 Å². The summed E-state index contributed by atoms with van der Waals surface area (Å²) in [5.41, 5.74) is 5.16. The molecule has 7 heteroatoms. The van der Waals surface area contributed by atoms with Gasteiger partial charge >= 0.3 is 0 Å². The SMILES string of the molecule is NC(=O)C1OCOC2C(CO)OCOC12. The number of primary amides is 1. The number of hydrogen-bond donors (Lipinski definition) is 2. The summed E-state index contributed by atoms with van der Waals surface area (Å²) < 4.78 is 20.6. The van der Waals surface area contributed by atoms with Crippen LogP contribution in [0.1, 0.15) is 0 Å². The third-order valence-electron chi connectivity index (χ3n) is 2.50. The maximum Gasteiger partial charge on any atom is 0.249 e. The molecule has 0 bridgehead atoms. The van der Waals surface area contributed by atoms with Crippen LogP contribution in [-0.2, 0) is 23.7 Å². The molecule has 0 radical (unpaired) electrons. The third kappa shape index (κ3) is 1.97. The summed E-state index contributed by atoms with van der Waals surface area (Å²) in [6.45, 7) is -0.267. The largest absolute Gasteiger partial charge is 0.394 e. The monoisotopic (exact) mass is 219 g/mol. The zero-order chi connectivity index (χ0) is 10.8. The van der Waals surface area contributed by atoms with Crippen molar-refractivity contribution in [2.45, 2.75) is 24.4 Å². The Hall–Kier alpha value is -0.730. The highest BCUT2D eigenvalue weighted by molar-refractivity contribution is 5.79. The van der Waals surface area contributed by atoms with Crippen molar-refractivity contribution < 1.29 is 28.8 Å². The minimum absolute atomic E-state index is 0.0110. The third-order valence-corrected chi connectivity index (χ3v) is 2.50. The Morgan fingerprint density at radius 2 is 1.87 bits per heavy atom. The molecule has 2 saturated heterocycles. The quantitative estimate of drug-likeness (QED) is 0.554. The molecular weight excluding hydrogens is 206 g/mol. The maximum atomic E-state index is 11.1. The first-order valence-corrected chi connectivity index (χ1v) is 4.60. The summed E-state index contributed by atoms with van der Waals surface area (Å²) in [6.07, 6.45) is -2.48. The molecule has 0 spiro atoms. The molecule has 0 aliphatic carbocycles. The number of amides is 1. The van der Waals surface area contributed by atoms with E-state index in [4.69, 9.17) is 29.8 Å². The van der Waals surface area contributed by atoms with Crippen molar-refractivity contribution >= 4 is 5.91 Å². The van der Waals surface area contributed by atoms with Gasteiger partial charge < -0.3 is 29.8 Å². The smallest absolute Gasteiger partial charge is 0.249 e. The average molecular weight is 219 g/mol. The van der Waals surface area contributed by atoms with Crippen molar-refractivity contribution in [2.24, 2.45) is 5.73 Å². The van der Waals surface area contributed by atoms with Gasteiger partial charge in [0.25, 0.3) is 0 Å². The topological polar surface area (TPSA) is 100 Å². The van der Waals surface area contributed by atoms with Gasteiger partial charge in [0.2, 0.25) is 5.91 Å². The molecule has 2 aliphatic rings. The van der Waals surface area contributed by atoms with Crippen molar-refractivity contribution in [3.05, 3.63) is 0 Å². The fraction of sp³-hybridized carbons (Fsp3) is 0.875. The van der Waals surface area contributed by atoms with Crippen molar-refractivity contribution in [1.82, 2.24) is 0 Å². The van der Waals surface area contributed by atoms with E-state index in [1.165, 1.54) is 0 Å². The molecule has 86 valence electrons. The van der Waals surface area contributed by atoms with Gasteiger partial charge in [-0.3, -0.25) is 4.79 Å². The number of rotatable bonds is 2. The molecule has 2 fully saturated rings. The van der Waals surface area contributed by atoms with Crippen LogP contribution in [0.2, 0.25) is 0 Å². The molecule has 2 heterocycles. The lowest BCUT2D eigenvalue weighted by atomic mass is 10.0. The van der Waals surface area contributed by atoms with E-state index in [1.54, 1.807) is 0 Å². The molecule has 0 saturated carbocycles. The van der Waals surface area contributed by atoms with Crippen LogP contribution in [0.4, 0.5) is 0 Å². The van der Waals surface area contributed by atoms with E-state index in [0.717, 1.165) is 0 Å². The van der Waals surface area contributed by atoms with Crippen molar-refractivity contribution in [3.63, 3.8) is 0 Å². The molecule has 0 aromatic heterocycles. The molecule has 3 N–H and O–H groups in total. The predicted molar refractivity (Wildman–Crippen MR) is 45.5 cm³/mol. The lowest BCUT2D eigenvalue weighted by molar-refractivity contribution is -0.319. The van der Waals surface area contributed by atoms with Gasteiger partial charge in [-0.15, -0.1) is 0 Å². The molecule has 15 heavy (non-hydrogen) atoms. The number of hydrogen-bond acceptors (Lipinski definition) is 6. The Bertz CT molecular complexity index is 247. The van der Waals surface area contributed by atoms with Crippen LogP contribution in [0.5, 0.6) is 0 Å². The van der Waals surface area contributed by atoms with Crippen LogP contribution >= 0.6 is 0 Å². The van der Waals surface area contributed by atoms with Gasteiger partial charge in [-0.05, 0) is 0 Å². The van der Waals surface area contributed by atoms with Gasteiger partial charge in [0.05, 0.1) is 6.61 Å². The van der Waals surface area contributed by atoms with Gasteiger partial charge in [-0.1, -0.05) is 0 Å². The first-order valence-electron chi connectivity index (χ1n) is 4.60. The highest BCUT2D eigenvalue weighted by Gasteiger charge is 2.46. The zero-order valence-electron chi connectivity index (χ0n) is 8.00. The molecule has 0 aromatic rings. The van der Waals surface area contributed by atoms with E-state index < -0.39 is 30.3 Å². The van der Waals surface area contributed by atoms with E-state index in [9.17, 15) is 4.79 Å². The number of aliphatic hydroxyl groups is 1. The number of aliphatic hydroxyl groups excluding tert-OH is 1. The van der Waals surface area contributed by atoms with E-state index in [-0.39, 0.29) is 20.2 Å². The number of ether oxygens (including phenoxy) is 4. The molecular formula is C8H13NO6. The summed E-state index contributed by atoms with van der Waals surface area (Å²) >= 11 is 0. The number of fused-ring (bicyclic) bond motifs is 1. The average Bonchev–Trinajstić information content (AvgIpc) is 2.27. The summed E-state index contributed by atoms with van der Waals surface area (Å²) in [6, 6.07) is 0. The van der Waals surface area contributed by atoms with Gasteiger partial charge in [0.15, 0.2) is 6.10 Å². The van der Waals surface area contributed by atoms with Gasteiger partial charge in [-0.2, -0.15) is 0 Å². The highest BCUT2D eigenvalue weighted by Crippen LogP contribution is 2.25. The highest BCUT2D eigenvalue weighted by atomic mass is 16.8. The second-order valence-corrected chi connectivity index (χ2v) is 3.38. The molecule has 1 amide bonds. The summed E-state index contributed by atoms with van der Waals surface area (Å²) in [5.74, 6) is -0.605. The Labute approximate surface area is 86.0 Å². The number of carbonyl (C=O) groups excluding carboxylic acids is 1. The van der Waals surface area contributed by atoms with Crippen LogP contribution in [-0.4, -0.2) is 55.6 Å². The molecule has 2 aliphatic heterocycles. The summed E-state index contributed by atoms with van der Waals surface area (Å²) in [5, 5.41) is 9.04. The Morgan fingerprint density at radius 1 is 1.20 bits per heavy atom. The van der Waals surface area contributed by atoms with Crippen LogP contribution in [0.15, 0.2) is 0 Å². The number of nitrogens with two attached hydrogens (primary N) is 1. The molecule has 4 unspecified atom stereocenters. The lowest BCUT2D eigenvalue weighted by Crippen LogP contribution is -2.61. The summed E-state index contributed by atoms with van der Waals surface area (Å²) in [7, 11) is 0. The standard InChI is InChI=1S/C8H13NO6/c9-8(11)7-6-5(13-3-15-7)4(1-10)12-2-14-6/h4-7,10H,1-3H2,(H2,9,11). The molecule has 4 atom stereocenters. The Morgan fingerprint density at radius 3 is 2.53 bits per heavy atom. The van der Waals surface area contributed by atoms with Crippen LogP contribution in [0, 0.1) is 0 Å². The van der Waals surface area contributed by atoms with Gasteiger partial charge in [-0.25, -0.2) is 0 Å². The van der Waals surface area contributed by atoms with Crippen molar-refractivity contribution in [3.8, 4) is 0 Å². The minimum atomic E-state index is -0.846. The Balaban J connectivity index is 2.11. The van der Waals surface area contributed by atoms with Gasteiger partial charge in [0.1, 0.15) is 31.9 Å². The number of carbonyl (C=O) groups is 1. The zero-order valence-corrected chi connectivity index (χ0v) is 8.00. The predicted octanol–water partition coefficient (Wildman–Crippen LogP) is -2.05. The second-order valence-electron chi connectivity index (χ2n) is 3.38. The first-order chi connectivity index (χ1) is 7.24. The van der Waals surface area contributed by atoms with Gasteiger partial charge in [0, 0.05) is 0 Å². The van der Waals surface area contributed by atoms with E-state index in [0.29, 0.717) is 0 Å². The minimum Gasteiger partial charge on any atom is -0.394 e. The second kappa shape index (κ2) is 4.42. The first kappa shape index (κ1) is 10.8. The molecule has 2 rings (SSSR count). The van der Waals surface area contributed by atoms with E-state index in [1.807, 2.05) is 0 Å². The van der Waals surface area contributed by atoms with Crippen LogP contribution in [0.3, 0.4) is 0 Å². The lowest BCUT2D eigenvalue weighted by Gasteiger charge is -2.42. The van der Waals surface area contributed by atoms with Crippen LogP contribution < -0.4 is 5.73 Å². The van der Waals surface area contributed by atoms with E-state index in [2.05, 4.69) is 0 Å². The van der Waals surface area contributed by atoms with E-state index >= 15 is 0 Å². The molecule has 7 nitrogen and oxygen atoms in total. The summed E-state index contributed by atoms with van der Waals surface area (Å²) in [4.78, 5) is 11.1. The normalized spacial score (nSPS) is 40.9. The van der Waals surface area contributed by atoms with Crippen molar-refractivity contribution in [1.29, 1.82) is 0 Å². The van der Waals surface area contributed by atoms with Crippen molar-refractivity contribution in [2.75, 3.05) is 20.2 Å². The molecule has 0 aromatic carbocycles. The fourth-order valence-electron chi connectivity index (χ4n) is 1.75. The fourth-order valence-corrected chi connectivity index (χ4v) is 1.75. The Kier molecular flexibility index (Phi) is 3.17. The maximum absolute atomic E-state index is 11.1.